The number of benzene rings is 1. The molecule has 0 spiro atoms. The first-order valence-electron chi connectivity index (χ1n) is 6.09. The summed E-state index contributed by atoms with van der Waals surface area (Å²) in [5, 5.41) is 9.71. The molecule has 0 bridgehead atoms. The second-order valence-corrected chi connectivity index (χ2v) is 4.69. The lowest BCUT2D eigenvalue weighted by Crippen LogP contribution is -2.27. The molecule has 100 valence electrons. The standard InChI is InChI=1S/C13H18ClNO3/c1-2-15(3-4-16)7-10-5-12(14)6-11-8-17-9-18-13(10)11/h5-6,16H,2-4,7-9H2,1H3. The molecule has 0 atom stereocenters. The van der Waals surface area contributed by atoms with E-state index in [-0.39, 0.29) is 13.4 Å². The zero-order valence-electron chi connectivity index (χ0n) is 10.5. The lowest BCUT2D eigenvalue weighted by atomic mass is 10.1. The summed E-state index contributed by atoms with van der Waals surface area (Å²) in [5.74, 6) is 0.877. The molecule has 0 unspecified atom stereocenters. The van der Waals surface area contributed by atoms with E-state index in [1.165, 1.54) is 0 Å². The zero-order valence-corrected chi connectivity index (χ0v) is 11.2. The molecular weight excluding hydrogens is 254 g/mol. The first kappa shape index (κ1) is 13.6. The normalized spacial score (nSPS) is 14.4. The van der Waals surface area contributed by atoms with Crippen molar-refractivity contribution in [2.75, 3.05) is 26.5 Å². The molecule has 0 fully saturated rings. The molecule has 4 nitrogen and oxygen atoms in total. The summed E-state index contributed by atoms with van der Waals surface area (Å²) in [6.45, 7) is 5.28. The van der Waals surface area contributed by atoms with Crippen LogP contribution in [0.4, 0.5) is 0 Å². The molecular formula is C13H18ClNO3. The summed E-state index contributed by atoms with van der Waals surface area (Å²) in [4.78, 5) is 2.14. The predicted octanol–water partition coefficient (Wildman–Crippen LogP) is 2.02. The monoisotopic (exact) mass is 271 g/mol. The van der Waals surface area contributed by atoms with E-state index >= 15 is 0 Å². The van der Waals surface area contributed by atoms with Gasteiger partial charge in [0.2, 0.25) is 0 Å². The Morgan fingerprint density at radius 3 is 3.00 bits per heavy atom. The first-order valence-corrected chi connectivity index (χ1v) is 6.47. The van der Waals surface area contributed by atoms with Gasteiger partial charge in [-0.05, 0) is 18.7 Å². The van der Waals surface area contributed by atoms with Gasteiger partial charge in [0.1, 0.15) is 5.75 Å². The van der Waals surface area contributed by atoms with Crippen molar-refractivity contribution in [3.63, 3.8) is 0 Å². The highest BCUT2D eigenvalue weighted by Crippen LogP contribution is 2.32. The van der Waals surface area contributed by atoms with E-state index in [0.717, 1.165) is 30.0 Å². The molecule has 0 amide bonds. The lowest BCUT2D eigenvalue weighted by molar-refractivity contribution is -0.0175. The SMILES string of the molecule is CCN(CCO)Cc1cc(Cl)cc2c1OCOC2. The second-order valence-electron chi connectivity index (χ2n) is 4.26. The van der Waals surface area contributed by atoms with Crippen molar-refractivity contribution in [3.05, 3.63) is 28.3 Å². The van der Waals surface area contributed by atoms with Gasteiger partial charge in [-0.3, -0.25) is 4.90 Å². The van der Waals surface area contributed by atoms with Crippen LogP contribution >= 0.6 is 11.6 Å². The van der Waals surface area contributed by atoms with Crippen LogP contribution in [0.2, 0.25) is 5.02 Å². The average molecular weight is 272 g/mol. The zero-order chi connectivity index (χ0) is 13.0. The van der Waals surface area contributed by atoms with E-state index in [1.54, 1.807) is 0 Å². The Kier molecular flexibility index (Phi) is 4.83. The summed E-state index contributed by atoms with van der Waals surface area (Å²) in [6, 6.07) is 3.80. The van der Waals surface area contributed by atoms with Crippen molar-refractivity contribution in [1.29, 1.82) is 0 Å². The first-order chi connectivity index (χ1) is 8.74. The fraction of sp³-hybridized carbons (Fsp3) is 0.538. The minimum atomic E-state index is 0.153. The van der Waals surface area contributed by atoms with Crippen LogP contribution in [0.15, 0.2) is 12.1 Å². The second kappa shape index (κ2) is 6.38. The highest BCUT2D eigenvalue weighted by molar-refractivity contribution is 6.30. The number of halogens is 1. The van der Waals surface area contributed by atoms with Gasteiger partial charge < -0.3 is 14.6 Å². The topological polar surface area (TPSA) is 41.9 Å². The van der Waals surface area contributed by atoms with Crippen molar-refractivity contribution in [2.45, 2.75) is 20.1 Å². The Morgan fingerprint density at radius 1 is 1.44 bits per heavy atom. The molecule has 18 heavy (non-hydrogen) atoms. The summed E-state index contributed by atoms with van der Waals surface area (Å²) in [6.07, 6.45) is 0. The number of rotatable bonds is 5. The Balaban J connectivity index is 2.23. The Labute approximate surface area is 112 Å². The molecule has 2 rings (SSSR count). The lowest BCUT2D eigenvalue weighted by Gasteiger charge is -2.25. The molecule has 1 aliphatic rings. The fourth-order valence-corrected chi connectivity index (χ4v) is 2.37. The van der Waals surface area contributed by atoms with Gasteiger partial charge in [0, 0.05) is 29.2 Å². The quantitative estimate of drug-likeness (QED) is 0.890. The molecule has 0 radical (unpaired) electrons. The molecule has 1 aromatic rings. The molecule has 1 N–H and O–H groups in total. The van der Waals surface area contributed by atoms with Crippen molar-refractivity contribution in [1.82, 2.24) is 4.90 Å². The van der Waals surface area contributed by atoms with Crippen molar-refractivity contribution < 1.29 is 14.6 Å². The molecule has 5 heteroatoms. The van der Waals surface area contributed by atoms with Crippen LogP contribution in [0.5, 0.6) is 5.75 Å². The van der Waals surface area contributed by atoms with Crippen molar-refractivity contribution in [2.24, 2.45) is 0 Å². The van der Waals surface area contributed by atoms with Gasteiger partial charge in [-0.15, -0.1) is 0 Å². The summed E-state index contributed by atoms with van der Waals surface area (Å²) in [5.41, 5.74) is 2.04. The van der Waals surface area contributed by atoms with Crippen molar-refractivity contribution >= 4 is 11.6 Å². The largest absolute Gasteiger partial charge is 0.467 e. The highest BCUT2D eigenvalue weighted by atomic mass is 35.5. The van der Waals surface area contributed by atoms with Crippen LogP contribution in [-0.2, 0) is 17.9 Å². The van der Waals surface area contributed by atoms with Gasteiger partial charge in [0.15, 0.2) is 6.79 Å². The number of ether oxygens (including phenoxy) is 2. The number of aliphatic hydroxyl groups excluding tert-OH is 1. The predicted molar refractivity (Wildman–Crippen MR) is 69.8 cm³/mol. The number of hydrogen-bond acceptors (Lipinski definition) is 4. The maximum Gasteiger partial charge on any atom is 0.189 e. The molecule has 0 saturated heterocycles. The maximum atomic E-state index is 9.02. The minimum absolute atomic E-state index is 0.153. The maximum absolute atomic E-state index is 9.02. The number of likely N-dealkylation sites (N-methyl/N-ethyl adjacent to an activating group) is 1. The smallest absolute Gasteiger partial charge is 0.189 e. The van der Waals surface area contributed by atoms with Gasteiger partial charge in [0.25, 0.3) is 0 Å². The Hall–Kier alpha value is -0.810. The van der Waals surface area contributed by atoms with Gasteiger partial charge >= 0.3 is 0 Å². The fourth-order valence-electron chi connectivity index (χ4n) is 2.11. The van der Waals surface area contributed by atoms with Gasteiger partial charge in [-0.2, -0.15) is 0 Å². The van der Waals surface area contributed by atoms with Crippen LogP contribution in [0, 0.1) is 0 Å². The molecule has 0 saturated carbocycles. The Bertz CT molecular complexity index is 411. The third kappa shape index (κ3) is 3.14. The number of nitrogens with zero attached hydrogens (tertiary/aromatic N) is 1. The van der Waals surface area contributed by atoms with Crippen LogP contribution in [0.3, 0.4) is 0 Å². The molecule has 0 aliphatic carbocycles. The summed E-state index contributed by atoms with van der Waals surface area (Å²) < 4.78 is 10.8. The van der Waals surface area contributed by atoms with Crippen LogP contribution in [0.25, 0.3) is 0 Å². The molecule has 0 aromatic heterocycles. The third-order valence-electron chi connectivity index (χ3n) is 3.01. The van der Waals surface area contributed by atoms with E-state index in [9.17, 15) is 0 Å². The van der Waals surface area contributed by atoms with Gasteiger partial charge in [-0.1, -0.05) is 18.5 Å². The summed E-state index contributed by atoms with van der Waals surface area (Å²) >= 11 is 6.11. The highest BCUT2D eigenvalue weighted by Gasteiger charge is 2.17. The van der Waals surface area contributed by atoms with Crippen LogP contribution in [0.1, 0.15) is 18.1 Å². The average Bonchev–Trinajstić information content (AvgIpc) is 2.38. The van der Waals surface area contributed by atoms with Crippen LogP contribution < -0.4 is 4.74 Å². The number of fused-ring (bicyclic) bond motifs is 1. The van der Waals surface area contributed by atoms with Crippen molar-refractivity contribution in [3.8, 4) is 5.75 Å². The van der Waals surface area contributed by atoms with E-state index in [0.29, 0.717) is 18.2 Å². The minimum Gasteiger partial charge on any atom is -0.467 e. The van der Waals surface area contributed by atoms with E-state index in [4.69, 9.17) is 26.2 Å². The van der Waals surface area contributed by atoms with Gasteiger partial charge in [-0.25, -0.2) is 0 Å². The van der Waals surface area contributed by atoms with E-state index in [1.807, 2.05) is 12.1 Å². The number of hydrogen-bond donors (Lipinski definition) is 1. The molecule has 1 aliphatic heterocycles. The molecule has 1 heterocycles. The van der Waals surface area contributed by atoms with E-state index in [2.05, 4.69) is 11.8 Å². The Morgan fingerprint density at radius 2 is 2.28 bits per heavy atom. The molecule has 1 aromatic carbocycles. The van der Waals surface area contributed by atoms with Crippen LogP contribution in [-0.4, -0.2) is 36.5 Å². The number of aliphatic hydroxyl groups is 1. The van der Waals surface area contributed by atoms with E-state index < -0.39 is 0 Å². The summed E-state index contributed by atoms with van der Waals surface area (Å²) in [7, 11) is 0. The van der Waals surface area contributed by atoms with Gasteiger partial charge in [0.05, 0.1) is 13.2 Å². The third-order valence-corrected chi connectivity index (χ3v) is 3.23.